The van der Waals surface area contributed by atoms with Crippen LogP contribution in [0.1, 0.15) is 22.5 Å². The molecule has 0 aliphatic heterocycles. The fraction of sp³-hybridized carbons (Fsp3) is 0.263. The summed E-state index contributed by atoms with van der Waals surface area (Å²) < 4.78 is 7.31. The van der Waals surface area contributed by atoms with Crippen molar-refractivity contribution in [1.29, 1.82) is 5.26 Å². The molecule has 0 radical (unpaired) electrons. The van der Waals surface area contributed by atoms with E-state index in [1.165, 1.54) is 0 Å². The van der Waals surface area contributed by atoms with Crippen LogP contribution < -0.4 is 0 Å². The van der Waals surface area contributed by atoms with Crippen molar-refractivity contribution in [2.24, 2.45) is 0 Å². The van der Waals surface area contributed by atoms with Gasteiger partial charge in [-0.1, -0.05) is 18.2 Å². The lowest BCUT2D eigenvalue weighted by atomic mass is 10.1. The van der Waals surface area contributed by atoms with Gasteiger partial charge >= 0.3 is 0 Å². The fourth-order valence-corrected chi connectivity index (χ4v) is 2.88. The molecule has 3 aromatic rings. The van der Waals surface area contributed by atoms with Crippen LogP contribution in [0.3, 0.4) is 0 Å². The molecule has 0 unspecified atom stereocenters. The van der Waals surface area contributed by atoms with Gasteiger partial charge in [-0.25, -0.2) is 0 Å². The molecule has 24 heavy (non-hydrogen) atoms. The number of benzene rings is 1. The number of para-hydroxylation sites is 1. The quantitative estimate of drug-likeness (QED) is 0.625. The Balaban J connectivity index is 1.80. The molecule has 0 aliphatic carbocycles. The highest BCUT2D eigenvalue weighted by Gasteiger charge is 2.16. The summed E-state index contributed by atoms with van der Waals surface area (Å²) in [6.45, 7) is 1.49. The van der Waals surface area contributed by atoms with Crippen LogP contribution in [0.25, 0.3) is 10.9 Å². The Morgan fingerprint density at radius 2 is 2.12 bits per heavy atom. The summed E-state index contributed by atoms with van der Waals surface area (Å²) >= 11 is 0. The number of aryl methyl sites for hydroxylation is 1. The standard InChI is InChI=1S/C19H19N3O2/c1-21(12-15-6-4-11-24-15)14-19(23)17-13-22(10-5-9-20)18-8-3-2-7-16(17)18/h2-4,6-8,11,13H,5,10,12,14H2,1H3. The molecule has 2 heterocycles. The molecule has 0 N–H and O–H groups in total. The minimum Gasteiger partial charge on any atom is -0.468 e. The zero-order chi connectivity index (χ0) is 16.9. The molecule has 2 aromatic heterocycles. The minimum absolute atomic E-state index is 0.0657. The van der Waals surface area contributed by atoms with Gasteiger partial charge in [-0.05, 0) is 25.2 Å². The molecule has 5 nitrogen and oxygen atoms in total. The average Bonchev–Trinajstić information content (AvgIpc) is 3.20. The summed E-state index contributed by atoms with van der Waals surface area (Å²) in [5.41, 5.74) is 1.69. The highest BCUT2D eigenvalue weighted by atomic mass is 16.3. The molecule has 0 spiro atoms. The van der Waals surface area contributed by atoms with Crippen molar-refractivity contribution >= 4 is 16.7 Å². The van der Waals surface area contributed by atoms with Crippen LogP contribution in [0, 0.1) is 11.3 Å². The van der Waals surface area contributed by atoms with Crippen LogP contribution in [0.2, 0.25) is 0 Å². The summed E-state index contributed by atoms with van der Waals surface area (Å²) in [6, 6.07) is 13.7. The fourth-order valence-electron chi connectivity index (χ4n) is 2.88. The maximum atomic E-state index is 12.7. The molecule has 0 aliphatic rings. The number of nitrogens with zero attached hydrogens (tertiary/aromatic N) is 3. The Morgan fingerprint density at radius 3 is 2.88 bits per heavy atom. The van der Waals surface area contributed by atoms with Gasteiger partial charge in [0.15, 0.2) is 5.78 Å². The molecule has 0 saturated carbocycles. The van der Waals surface area contributed by atoms with E-state index < -0.39 is 0 Å². The van der Waals surface area contributed by atoms with E-state index in [0.29, 0.717) is 31.6 Å². The molecule has 0 bridgehead atoms. The van der Waals surface area contributed by atoms with E-state index in [2.05, 4.69) is 6.07 Å². The molecule has 0 atom stereocenters. The van der Waals surface area contributed by atoms with Gasteiger partial charge in [0.05, 0.1) is 31.8 Å². The van der Waals surface area contributed by atoms with Gasteiger partial charge in [-0.2, -0.15) is 5.26 Å². The first-order valence-corrected chi connectivity index (χ1v) is 7.88. The number of rotatable bonds is 7. The van der Waals surface area contributed by atoms with E-state index in [0.717, 1.165) is 16.7 Å². The summed E-state index contributed by atoms with van der Waals surface area (Å²) in [6.07, 6.45) is 3.92. The predicted octanol–water partition coefficient (Wildman–Crippen LogP) is 3.46. The smallest absolute Gasteiger partial charge is 0.178 e. The van der Waals surface area contributed by atoms with E-state index >= 15 is 0 Å². The van der Waals surface area contributed by atoms with Crippen LogP contribution in [0.5, 0.6) is 0 Å². The van der Waals surface area contributed by atoms with Crippen molar-refractivity contribution in [2.45, 2.75) is 19.5 Å². The van der Waals surface area contributed by atoms with E-state index in [1.807, 2.05) is 59.1 Å². The summed E-state index contributed by atoms with van der Waals surface area (Å²) in [5, 5.41) is 9.75. The first-order valence-electron chi connectivity index (χ1n) is 7.88. The maximum absolute atomic E-state index is 12.7. The van der Waals surface area contributed by atoms with Gasteiger partial charge < -0.3 is 8.98 Å². The van der Waals surface area contributed by atoms with Gasteiger partial charge in [0, 0.05) is 29.2 Å². The van der Waals surface area contributed by atoms with Crippen LogP contribution in [0.4, 0.5) is 0 Å². The third kappa shape index (κ3) is 3.39. The largest absolute Gasteiger partial charge is 0.468 e. The number of hydrogen-bond donors (Lipinski definition) is 0. The van der Waals surface area contributed by atoms with Gasteiger partial charge in [-0.3, -0.25) is 9.69 Å². The first kappa shape index (κ1) is 16.0. The number of carbonyl (C=O) groups excluding carboxylic acids is 1. The highest BCUT2D eigenvalue weighted by Crippen LogP contribution is 2.22. The van der Waals surface area contributed by atoms with Gasteiger partial charge in [-0.15, -0.1) is 0 Å². The number of likely N-dealkylation sites (N-methyl/N-ethyl adjacent to an activating group) is 1. The second-order valence-electron chi connectivity index (χ2n) is 5.84. The zero-order valence-corrected chi connectivity index (χ0v) is 13.6. The predicted molar refractivity (Wildman–Crippen MR) is 91.5 cm³/mol. The molecule has 3 rings (SSSR count). The normalized spacial score (nSPS) is 11.0. The van der Waals surface area contributed by atoms with Crippen molar-refractivity contribution in [1.82, 2.24) is 9.47 Å². The molecule has 0 saturated heterocycles. The lowest BCUT2D eigenvalue weighted by Gasteiger charge is -2.13. The molecular weight excluding hydrogens is 302 g/mol. The summed E-state index contributed by atoms with van der Waals surface area (Å²) in [5.74, 6) is 0.901. The number of aromatic nitrogens is 1. The highest BCUT2D eigenvalue weighted by molar-refractivity contribution is 6.09. The van der Waals surface area contributed by atoms with Crippen molar-refractivity contribution in [3.8, 4) is 6.07 Å². The molecular formula is C19H19N3O2. The SMILES string of the molecule is CN(CC(=O)c1cn(CCC#N)c2ccccc12)Cc1ccco1. The lowest BCUT2D eigenvalue weighted by Crippen LogP contribution is -2.25. The Labute approximate surface area is 140 Å². The van der Waals surface area contributed by atoms with E-state index in [4.69, 9.17) is 9.68 Å². The third-order valence-electron chi connectivity index (χ3n) is 3.97. The van der Waals surface area contributed by atoms with Crippen LogP contribution in [0.15, 0.2) is 53.3 Å². The second kappa shape index (κ2) is 7.16. The molecule has 0 fully saturated rings. The molecule has 0 amide bonds. The second-order valence-corrected chi connectivity index (χ2v) is 5.84. The van der Waals surface area contributed by atoms with Gasteiger partial charge in [0.2, 0.25) is 0 Å². The van der Waals surface area contributed by atoms with E-state index in [-0.39, 0.29) is 5.78 Å². The number of ketones is 1. The van der Waals surface area contributed by atoms with E-state index in [9.17, 15) is 4.79 Å². The summed E-state index contributed by atoms with van der Waals surface area (Å²) in [4.78, 5) is 14.7. The zero-order valence-electron chi connectivity index (χ0n) is 13.6. The maximum Gasteiger partial charge on any atom is 0.178 e. The number of fused-ring (bicyclic) bond motifs is 1. The first-order chi connectivity index (χ1) is 11.7. The Bertz CT molecular complexity index is 872. The molecule has 1 aromatic carbocycles. The molecule has 122 valence electrons. The van der Waals surface area contributed by atoms with Crippen molar-refractivity contribution < 1.29 is 9.21 Å². The van der Waals surface area contributed by atoms with Crippen molar-refractivity contribution in [3.63, 3.8) is 0 Å². The van der Waals surface area contributed by atoms with E-state index in [1.54, 1.807) is 6.26 Å². The number of carbonyl (C=O) groups is 1. The van der Waals surface area contributed by atoms with Crippen LogP contribution >= 0.6 is 0 Å². The average molecular weight is 321 g/mol. The Kier molecular flexibility index (Phi) is 4.78. The Morgan fingerprint density at radius 1 is 1.29 bits per heavy atom. The van der Waals surface area contributed by atoms with Crippen molar-refractivity contribution in [3.05, 3.63) is 60.2 Å². The molecule has 5 heteroatoms. The number of Topliss-reactive ketones (excluding diaryl/α,β-unsaturated/α-hetero) is 1. The van der Waals surface area contributed by atoms with Gasteiger partial charge in [0.1, 0.15) is 5.76 Å². The monoisotopic (exact) mass is 321 g/mol. The van der Waals surface area contributed by atoms with Crippen molar-refractivity contribution in [2.75, 3.05) is 13.6 Å². The van der Waals surface area contributed by atoms with Crippen LogP contribution in [-0.2, 0) is 13.1 Å². The van der Waals surface area contributed by atoms with Gasteiger partial charge in [0.25, 0.3) is 0 Å². The Hall–Kier alpha value is -2.84. The number of furan rings is 1. The lowest BCUT2D eigenvalue weighted by molar-refractivity contribution is 0.0941. The number of nitriles is 1. The number of hydrogen-bond acceptors (Lipinski definition) is 4. The van der Waals surface area contributed by atoms with Crippen LogP contribution in [-0.4, -0.2) is 28.8 Å². The minimum atomic E-state index is 0.0657. The third-order valence-corrected chi connectivity index (χ3v) is 3.97. The topological polar surface area (TPSA) is 62.2 Å². The summed E-state index contributed by atoms with van der Waals surface area (Å²) in [7, 11) is 1.90.